The summed E-state index contributed by atoms with van der Waals surface area (Å²) < 4.78 is 39.7. The van der Waals surface area contributed by atoms with Crippen LogP contribution < -0.4 is 5.32 Å². The highest BCUT2D eigenvalue weighted by molar-refractivity contribution is 8.15. The van der Waals surface area contributed by atoms with Crippen molar-refractivity contribution in [3.05, 3.63) is 94.0 Å². The molecule has 11 heteroatoms. The zero-order valence-electron chi connectivity index (χ0n) is 19.1. The van der Waals surface area contributed by atoms with E-state index in [0.717, 1.165) is 29.5 Å². The van der Waals surface area contributed by atoms with Gasteiger partial charge in [-0.15, -0.1) is 0 Å². The molecule has 1 saturated heterocycles. The Morgan fingerprint density at radius 2 is 1.73 bits per heavy atom. The van der Waals surface area contributed by atoms with Gasteiger partial charge < -0.3 is 5.32 Å². The molecule has 1 aliphatic heterocycles. The molecule has 3 aromatic carbocycles. The average Bonchev–Trinajstić information content (AvgIpc) is 2.83. The minimum absolute atomic E-state index is 0.0255. The third kappa shape index (κ3) is 7.28. The molecular formula is C26H20Cl2F3N3O2S. The molecule has 5 nitrogen and oxygen atoms in total. The Morgan fingerprint density at radius 1 is 1.03 bits per heavy atom. The first kappa shape index (κ1) is 27.0. The summed E-state index contributed by atoms with van der Waals surface area (Å²) in [6, 6.07) is 18.5. The zero-order valence-corrected chi connectivity index (χ0v) is 21.5. The second-order valence-corrected chi connectivity index (χ2v) is 10.2. The van der Waals surface area contributed by atoms with Crippen molar-refractivity contribution in [2.45, 2.75) is 24.3 Å². The van der Waals surface area contributed by atoms with Crippen LogP contribution in [-0.4, -0.2) is 33.7 Å². The molecule has 1 N–H and O–H groups in total. The van der Waals surface area contributed by atoms with Crippen molar-refractivity contribution in [1.29, 1.82) is 0 Å². The van der Waals surface area contributed by atoms with Gasteiger partial charge in [-0.05, 0) is 48.4 Å². The summed E-state index contributed by atoms with van der Waals surface area (Å²) >= 11 is 13.0. The van der Waals surface area contributed by atoms with Gasteiger partial charge in [-0.2, -0.15) is 13.2 Å². The molecule has 1 fully saturated rings. The van der Waals surface area contributed by atoms with Gasteiger partial charge in [0.25, 0.3) is 0 Å². The van der Waals surface area contributed by atoms with Crippen LogP contribution >= 0.6 is 35.0 Å². The minimum Gasteiger partial charge on any atom is -0.325 e. The number of hydrogen-bond acceptors (Lipinski definition) is 4. The number of halogens is 5. The number of hydrogen-bond donors (Lipinski definition) is 1. The Hall–Kier alpha value is -3.01. The largest absolute Gasteiger partial charge is 0.416 e. The minimum atomic E-state index is -4.54. The number of carbonyl (C=O) groups is 2. The van der Waals surface area contributed by atoms with Gasteiger partial charge >= 0.3 is 6.18 Å². The van der Waals surface area contributed by atoms with Crippen LogP contribution in [0.3, 0.4) is 0 Å². The number of aliphatic imine (C=N–C) groups is 1. The van der Waals surface area contributed by atoms with Crippen molar-refractivity contribution in [3.63, 3.8) is 0 Å². The number of amidine groups is 1. The van der Waals surface area contributed by atoms with E-state index in [1.807, 2.05) is 30.3 Å². The predicted molar refractivity (Wildman–Crippen MR) is 141 cm³/mol. The highest BCUT2D eigenvalue weighted by Crippen LogP contribution is 2.34. The zero-order chi connectivity index (χ0) is 26.6. The second-order valence-electron chi connectivity index (χ2n) is 8.18. The Balaban J connectivity index is 1.61. The fourth-order valence-electron chi connectivity index (χ4n) is 3.66. The SMILES string of the molecule is O=C(Nc1cc(Cl)cc(Cl)c1)C1CC(=O)N(CCc2ccccc2)C(=Nc2cccc(C(F)(F)F)c2)S1. The van der Waals surface area contributed by atoms with E-state index < -0.39 is 22.9 Å². The van der Waals surface area contributed by atoms with Crippen LogP contribution in [0, 0.1) is 0 Å². The molecule has 0 radical (unpaired) electrons. The lowest BCUT2D eigenvalue weighted by atomic mass is 10.1. The summed E-state index contributed by atoms with van der Waals surface area (Å²) in [6.45, 7) is 0.256. The highest BCUT2D eigenvalue weighted by Gasteiger charge is 2.36. The third-order valence-electron chi connectivity index (χ3n) is 5.43. The van der Waals surface area contributed by atoms with Gasteiger partial charge in [0.2, 0.25) is 11.8 Å². The van der Waals surface area contributed by atoms with Crippen molar-refractivity contribution in [1.82, 2.24) is 4.90 Å². The van der Waals surface area contributed by atoms with Crippen LogP contribution in [0.1, 0.15) is 17.5 Å². The van der Waals surface area contributed by atoms with Gasteiger partial charge in [0.15, 0.2) is 5.17 Å². The van der Waals surface area contributed by atoms with Gasteiger partial charge in [-0.1, -0.05) is 71.4 Å². The number of rotatable bonds is 6. The highest BCUT2D eigenvalue weighted by atomic mass is 35.5. The summed E-state index contributed by atoms with van der Waals surface area (Å²) in [5, 5.41) is 2.64. The first-order valence-corrected chi connectivity index (χ1v) is 12.8. The monoisotopic (exact) mass is 565 g/mol. The van der Waals surface area contributed by atoms with Crippen molar-refractivity contribution in [2.24, 2.45) is 4.99 Å². The lowest BCUT2D eigenvalue weighted by Gasteiger charge is -2.32. The summed E-state index contributed by atoms with van der Waals surface area (Å²) in [5.41, 5.74) is 0.511. The smallest absolute Gasteiger partial charge is 0.325 e. The van der Waals surface area contributed by atoms with E-state index >= 15 is 0 Å². The summed E-state index contributed by atoms with van der Waals surface area (Å²) in [7, 11) is 0. The number of nitrogens with zero attached hydrogens (tertiary/aromatic N) is 2. The molecule has 1 heterocycles. The van der Waals surface area contributed by atoms with Gasteiger partial charge in [0.1, 0.15) is 5.25 Å². The fraction of sp³-hybridized carbons (Fsp3) is 0.192. The molecule has 0 spiro atoms. The normalized spacial score (nSPS) is 17.2. The molecule has 0 aromatic heterocycles. The number of anilines is 1. The van der Waals surface area contributed by atoms with Crippen molar-refractivity contribution in [3.8, 4) is 0 Å². The molecular weight excluding hydrogens is 546 g/mol. The third-order valence-corrected chi connectivity index (χ3v) is 7.05. The number of thioether (sulfide) groups is 1. The lowest BCUT2D eigenvalue weighted by Crippen LogP contribution is -2.46. The van der Waals surface area contributed by atoms with Crippen LogP contribution in [-0.2, 0) is 22.2 Å². The van der Waals surface area contributed by atoms with Crippen LogP contribution in [0.5, 0.6) is 0 Å². The molecule has 2 amide bonds. The van der Waals surface area contributed by atoms with Gasteiger partial charge in [-0.25, -0.2) is 4.99 Å². The van der Waals surface area contributed by atoms with E-state index in [4.69, 9.17) is 23.2 Å². The van der Waals surface area contributed by atoms with Crippen molar-refractivity contribution < 1.29 is 22.8 Å². The first-order chi connectivity index (χ1) is 17.6. The number of nitrogens with one attached hydrogen (secondary N) is 1. The predicted octanol–water partition coefficient (Wildman–Crippen LogP) is 7.22. The van der Waals surface area contributed by atoms with Gasteiger partial charge in [0.05, 0.1) is 11.3 Å². The second kappa shape index (κ2) is 11.6. The summed E-state index contributed by atoms with van der Waals surface area (Å²) in [6.07, 6.45) is -4.15. The van der Waals surface area contributed by atoms with Crippen molar-refractivity contribution >= 4 is 63.3 Å². The molecule has 1 unspecified atom stereocenters. The Labute approximate surface area is 225 Å². The summed E-state index contributed by atoms with van der Waals surface area (Å²) in [4.78, 5) is 31.9. The summed E-state index contributed by atoms with van der Waals surface area (Å²) in [5.74, 6) is -0.833. The van der Waals surface area contributed by atoms with E-state index in [-0.39, 0.29) is 29.7 Å². The molecule has 0 aliphatic carbocycles. The number of carbonyl (C=O) groups excluding carboxylic acids is 2. The molecule has 3 aromatic rings. The van der Waals surface area contributed by atoms with Crippen LogP contribution in [0.25, 0.3) is 0 Å². The molecule has 0 saturated carbocycles. The Morgan fingerprint density at radius 3 is 2.41 bits per heavy atom. The molecule has 192 valence electrons. The molecule has 1 atom stereocenters. The Kier molecular flexibility index (Phi) is 8.46. The quantitative estimate of drug-likeness (QED) is 0.343. The average molecular weight is 566 g/mol. The first-order valence-electron chi connectivity index (χ1n) is 11.1. The molecule has 0 bridgehead atoms. The maximum Gasteiger partial charge on any atom is 0.416 e. The van der Waals surface area contributed by atoms with E-state index in [1.165, 1.54) is 35.2 Å². The molecule has 1 aliphatic rings. The number of benzene rings is 3. The maximum atomic E-state index is 13.2. The topological polar surface area (TPSA) is 61.8 Å². The number of alkyl halides is 3. The van der Waals surface area contributed by atoms with Gasteiger partial charge in [0, 0.05) is 28.7 Å². The fourth-order valence-corrected chi connectivity index (χ4v) is 5.31. The van der Waals surface area contributed by atoms with E-state index in [2.05, 4.69) is 10.3 Å². The van der Waals surface area contributed by atoms with Crippen LogP contribution in [0.4, 0.5) is 24.5 Å². The van der Waals surface area contributed by atoms with E-state index in [0.29, 0.717) is 22.2 Å². The van der Waals surface area contributed by atoms with E-state index in [1.54, 1.807) is 0 Å². The van der Waals surface area contributed by atoms with Crippen molar-refractivity contribution in [2.75, 3.05) is 11.9 Å². The van der Waals surface area contributed by atoms with Gasteiger partial charge in [-0.3, -0.25) is 14.5 Å². The lowest BCUT2D eigenvalue weighted by molar-refractivity contribution is -0.137. The standard InChI is InChI=1S/C26H20Cl2F3N3O2S/c27-18-12-19(28)14-21(13-18)32-24(36)22-15-23(35)34(10-9-16-5-2-1-3-6-16)25(37-22)33-20-8-4-7-17(11-20)26(29,30)31/h1-8,11-14,22H,9-10,15H2,(H,32,36). The molecule has 4 rings (SSSR count). The number of amides is 2. The Bertz CT molecular complexity index is 1320. The van der Waals surface area contributed by atoms with E-state index in [9.17, 15) is 22.8 Å². The van der Waals surface area contributed by atoms with Crippen LogP contribution in [0.15, 0.2) is 77.8 Å². The molecule has 37 heavy (non-hydrogen) atoms. The maximum absolute atomic E-state index is 13.2. The van der Waals surface area contributed by atoms with Crippen LogP contribution in [0.2, 0.25) is 10.0 Å².